The standard InChI is InChI=1S/C18H15N3O8S/c1-3-28-17(24)10-4-5-11-13(8-10)30-18(20(11)9-15(22)27-2)19-16(23)12-6-7-14(29-12)21(25)26/h4-8H,3,9H2,1-2H3. The third-order valence-electron chi connectivity index (χ3n) is 3.89. The summed E-state index contributed by atoms with van der Waals surface area (Å²) in [6.07, 6.45) is 0. The molecule has 0 N–H and O–H groups in total. The maximum atomic E-state index is 12.4. The molecule has 2 heterocycles. The van der Waals surface area contributed by atoms with Gasteiger partial charge in [-0.1, -0.05) is 11.3 Å². The minimum absolute atomic E-state index is 0.125. The van der Waals surface area contributed by atoms with Crippen LogP contribution in [0.15, 0.2) is 39.7 Å². The second-order valence-electron chi connectivity index (χ2n) is 5.76. The fraction of sp³-hybridized carbons (Fsp3) is 0.222. The number of esters is 2. The molecule has 3 rings (SSSR count). The largest absolute Gasteiger partial charge is 0.468 e. The van der Waals surface area contributed by atoms with E-state index in [4.69, 9.17) is 13.9 Å². The Labute approximate surface area is 172 Å². The van der Waals surface area contributed by atoms with Crippen molar-refractivity contribution < 1.29 is 33.2 Å². The Hall–Kier alpha value is -3.80. The van der Waals surface area contributed by atoms with Gasteiger partial charge in [-0.3, -0.25) is 19.7 Å². The van der Waals surface area contributed by atoms with Gasteiger partial charge in [-0.25, -0.2) is 4.79 Å². The number of aromatic nitrogens is 1. The summed E-state index contributed by atoms with van der Waals surface area (Å²) in [6, 6.07) is 6.88. The third kappa shape index (κ3) is 4.27. The first-order chi connectivity index (χ1) is 14.3. The van der Waals surface area contributed by atoms with Gasteiger partial charge in [0.15, 0.2) is 4.80 Å². The van der Waals surface area contributed by atoms with Crippen LogP contribution < -0.4 is 4.80 Å². The molecular formula is C18H15N3O8S. The predicted molar refractivity (Wildman–Crippen MR) is 103 cm³/mol. The molecule has 156 valence electrons. The lowest BCUT2D eigenvalue weighted by atomic mass is 10.2. The first-order valence-corrected chi connectivity index (χ1v) is 9.36. The van der Waals surface area contributed by atoms with Crippen LogP contribution in [0.1, 0.15) is 27.8 Å². The normalized spacial score (nSPS) is 11.5. The molecule has 1 amide bonds. The summed E-state index contributed by atoms with van der Waals surface area (Å²) in [5.74, 6) is -2.86. The van der Waals surface area contributed by atoms with Gasteiger partial charge < -0.3 is 18.5 Å². The summed E-state index contributed by atoms with van der Waals surface area (Å²) in [5, 5.41) is 10.7. The molecule has 0 aliphatic heterocycles. The van der Waals surface area contributed by atoms with Crippen molar-refractivity contribution in [2.45, 2.75) is 13.5 Å². The molecule has 30 heavy (non-hydrogen) atoms. The molecule has 12 heteroatoms. The van der Waals surface area contributed by atoms with Gasteiger partial charge in [-0.15, -0.1) is 0 Å². The summed E-state index contributed by atoms with van der Waals surface area (Å²) in [7, 11) is 1.22. The number of carbonyl (C=O) groups excluding carboxylic acids is 3. The van der Waals surface area contributed by atoms with E-state index in [2.05, 4.69) is 4.99 Å². The van der Waals surface area contributed by atoms with Crippen LogP contribution in [0.3, 0.4) is 0 Å². The van der Waals surface area contributed by atoms with Crippen molar-refractivity contribution in [1.29, 1.82) is 0 Å². The van der Waals surface area contributed by atoms with Crippen molar-refractivity contribution in [2.75, 3.05) is 13.7 Å². The molecule has 0 fully saturated rings. The molecule has 0 bridgehead atoms. The van der Waals surface area contributed by atoms with Gasteiger partial charge >= 0.3 is 23.7 Å². The summed E-state index contributed by atoms with van der Waals surface area (Å²) >= 11 is 1.05. The van der Waals surface area contributed by atoms with Gasteiger partial charge in [0.05, 0.1) is 35.6 Å². The Kier molecular flexibility index (Phi) is 6.06. The number of carbonyl (C=O) groups is 3. The number of nitro groups is 1. The Morgan fingerprint density at radius 3 is 2.67 bits per heavy atom. The number of benzene rings is 1. The topological polar surface area (TPSA) is 143 Å². The number of hydrogen-bond donors (Lipinski definition) is 0. The number of rotatable bonds is 6. The van der Waals surface area contributed by atoms with Crippen LogP contribution in [0.5, 0.6) is 0 Å². The number of ether oxygens (including phenoxy) is 2. The number of thiazole rings is 1. The van der Waals surface area contributed by atoms with Gasteiger partial charge in [0.1, 0.15) is 11.5 Å². The van der Waals surface area contributed by atoms with Crippen molar-refractivity contribution >= 4 is 45.3 Å². The van der Waals surface area contributed by atoms with Crippen LogP contribution in [-0.4, -0.2) is 41.1 Å². The number of furan rings is 1. The number of amides is 1. The van der Waals surface area contributed by atoms with Crippen molar-refractivity contribution in [1.82, 2.24) is 4.57 Å². The highest BCUT2D eigenvalue weighted by molar-refractivity contribution is 7.16. The second-order valence-corrected chi connectivity index (χ2v) is 6.77. The van der Waals surface area contributed by atoms with E-state index in [1.54, 1.807) is 19.1 Å². The fourth-order valence-corrected chi connectivity index (χ4v) is 3.60. The quantitative estimate of drug-likeness (QED) is 0.327. The lowest BCUT2D eigenvalue weighted by molar-refractivity contribution is -0.402. The molecule has 0 atom stereocenters. The summed E-state index contributed by atoms with van der Waals surface area (Å²) in [4.78, 5) is 50.3. The van der Waals surface area contributed by atoms with Crippen molar-refractivity contribution in [2.24, 2.45) is 4.99 Å². The summed E-state index contributed by atoms with van der Waals surface area (Å²) < 4.78 is 16.6. The number of nitrogens with zero attached hydrogens (tertiary/aromatic N) is 3. The molecule has 0 radical (unpaired) electrons. The average Bonchev–Trinajstić information content (AvgIpc) is 3.33. The molecule has 11 nitrogen and oxygen atoms in total. The van der Waals surface area contributed by atoms with E-state index in [-0.39, 0.29) is 23.7 Å². The van der Waals surface area contributed by atoms with Crippen LogP contribution in [0.4, 0.5) is 5.88 Å². The van der Waals surface area contributed by atoms with Crippen molar-refractivity contribution in [3.8, 4) is 0 Å². The van der Waals surface area contributed by atoms with E-state index in [0.717, 1.165) is 23.5 Å². The van der Waals surface area contributed by atoms with E-state index in [9.17, 15) is 24.5 Å². The van der Waals surface area contributed by atoms with Crippen LogP contribution in [0, 0.1) is 10.1 Å². The molecule has 0 saturated heterocycles. The zero-order valence-electron chi connectivity index (χ0n) is 15.8. The monoisotopic (exact) mass is 433 g/mol. The SMILES string of the molecule is CCOC(=O)c1ccc2c(c1)sc(=NC(=O)c1ccc([N+](=O)[O-])o1)n2CC(=O)OC. The average molecular weight is 433 g/mol. The maximum Gasteiger partial charge on any atom is 0.433 e. The lowest BCUT2D eigenvalue weighted by Gasteiger charge is -2.04. The van der Waals surface area contributed by atoms with Crippen molar-refractivity contribution in [3.05, 3.63) is 56.6 Å². The van der Waals surface area contributed by atoms with Crippen LogP contribution in [0.2, 0.25) is 0 Å². The predicted octanol–water partition coefficient (Wildman–Crippen LogP) is 2.29. The molecule has 0 aliphatic carbocycles. The molecule has 1 aromatic carbocycles. The third-order valence-corrected chi connectivity index (χ3v) is 4.93. The first kappa shape index (κ1) is 20.9. The van der Waals surface area contributed by atoms with Gasteiger partial charge in [0, 0.05) is 0 Å². The summed E-state index contributed by atoms with van der Waals surface area (Å²) in [5.41, 5.74) is 0.839. The number of fused-ring (bicyclic) bond motifs is 1. The zero-order chi connectivity index (χ0) is 21.8. The van der Waals surface area contributed by atoms with Crippen LogP contribution in [-0.2, 0) is 20.8 Å². The highest BCUT2D eigenvalue weighted by atomic mass is 32.1. The van der Waals surface area contributed by atoms with E-state index < -0.39 is 28.7 Å². The Bertz CT molecular complexity index is 1220. The lowest BCUT2D eigenvalue weighted by Crippen LogP contribution is -2.22. The molecular weight excluding hydrogens is 418 g/mol. The fourth-order valence-electron chi connectivity index (χ4n) is 2.53. The molecule has 0 aliphatic rings. The highest BCUT2D eigenvalue weighted by Gasteiger charge is 2.19. The molecule has 0 unspecified atom stereocenters. The van der Waals surface area contributed by atoms with Gasteiger partial charge in [0.2, 0.25) is 5.76 Å². The van der Waals surface area contributed by atoms with E-state index in [1.807, 2.05) is 0 Å². The zero-order valence-corrected chi connectivity index (χ0v) is 16.6. The van der Waals surface area contributed by atoms with E-state index >= 15 is 0 Å². The first-order valence-electron chi connectivity index (χ1n) is 8.54. The Morgan fingerprint density at radius 2 is 2.03 bits per heavy atom. The Morgan fingerprint density at radius 1 is 1.27 bits per heavy atom. The van der Waals surface area contributed by atoms with Crippen molar-refractivity contribution in [3.63, 3.8) is 0 Å². The number of hydrogen-bond acceptors (Lipinski definition) is 9. The van der Waals surface area contributed by atoms with E-state index in [1.165, 1.54) is 17.7 Å². The van der Waals surface area contributed by atoms with Gasteiger partial charge in [-0.2, -0.15) is 4.99 Å². The van der Waals surface area contributed by atoms with Crippen LogP contribution in [0.25, 0.3) is 10.2 Å². The van der Waals surface area contributed by atoms with Crippen LogP contribution >= 0.6 is 11.3 Å². The second kappa shape index (κ2) is 8.69. The molecule has 3 aromatic rings. The highest BCUT2D eigenvalue weighted by Crippen LogP contribution is 2.21. The Balaban J connectivity index is 2.10. The summed E-state index contributed by atoms with van der Waals surface area (Å²) in [6.45, 7) is 1.67. The minimum atomic E-state index is -0.862. The van der Waals surface area contributed by atoms with Gasteiger partial charge in [0.25, 0.3) is 0 Å². The van der Waals surface area contributed by atoms with E-state index in [0.29, 0.717) is 15.8 Å². The maximum absolute atomic E-state index is 12.4. The number of methoxy groups -OCH3 is 1. The minimum Gasteiger partial charge on any atom is -0.468 e. The molecule has 0 spiro atoms. The van der Waals surface area contributed by atoms with Gasteiger partial charge in [-0.05, 0) is 31.2 Å². The molecule has 0 saturated carbocycles. The molecule has 2 aromatic heterocycles. The smallest absolute Gasteiger partial charge is 0.433 e.